The third kappa shape index (κ3) is 7.16. The Bertz CT molecular complexity index is 1800. The first-order valence-electron chi connectivity index (χ1n) is 13.6. The zero-order valence-electron chi connectivity index (χ0n) is 24.2. The quantitative estimate of drug-likeness (QED) is 0.0937. The number of aryl methyl sites for hydroxylation is 3. The van der Waals surface area contributed by atoms with Gasteiger partial charge in [-0.2, -0.15) is 5.10 Å². The summed E-state index contributed by atoms with van der Waals surface area (Å²) in [6, 6.07) is 25.3. The van der Waals surface area contributed by atoms with Gasteiger partial charge in [0, 0.05) is 28.7 Å². The molecule has 0 aliphatic rings. The van der Waals surface area contributed by atoms with Gasteiger partial charge in [0.1, 0.15) is 24.7 Å². The van der Waals surface area contributed by atoms with Crippen LogP contribution in [0.3, 0.4) is 0 Å². The monoisotopic (exact) mass is 612 g/mol. The molecular weight excluding hydrogens is 584 g/mol. The number of halogens is 1. The van der Waals surface area contributed by atoms with Crippen molar-refractivity contribution in [3.63, 3.8) is 0 Å². The minimum absolute atomic E-state index is 0.0264. The van der Waals surface area contributed by atoms with Gasteiger partial charge in [0.15, 0.2) is 5.76 Å². The highest BCUT2D eigenvalue weighted by molar-refractivity contribution is 6.32. The topological polar surface area (TPSA) is 121 Å². The second kappa shape index (κ2) is 13.3. The fourth-order valence-corrected chi connectivity index (χ4v) is 4.79. The van der Waals surface area contributed by atoms with E-state index in [-0.39, 0.29) is 35.4 Å². The lowest BCUT2D eigenvalue weighted by Crippen LogP contribution is -2.16. The van der Waals surface area contributed by atoms with E-state index in [2.05, 4.69) is 41.1 Å². The fraction of sp³-hybridized carbons (Fsp3) is 0.152. The number of carbonyl (C=O) groups is 1. The third-order valence-electron chi connectivity index (χ3n) is 6.76. The fourth-order valence-electron chi connectivity index (χ4n) is 4.51. The molecule has 10 nitrogen and oxygen atoms in total. The Morgan fingerprint density at radius 3 is 2.34 bits per heavy atom. The number of nitrogens with one attached hydrogen (secondary N) is 1. The van der Waals surface area contributed by atoms with Crippen LogP contribution in [0, 0.1) is 30.9 Å². The van der Waals surface area contributed by atoms with Gasteiger partial charge >= 0.3 is 11.6 Å². The number of nitro groups is 1. The smallest absolute Gasteiger partial charge is 0.313 e. The molecule has 2 heterocycles. The Labute approximate surface area is 258 Å². The molecule has 0 saturated heterocycles. The zero-order chi connectivity index (χ0) is 31.2. The molecule has 5 rings (SSSR count). The summed E-state index contributed by atoms with van der Waals surface area (Å²) in [5.41, 5.74) is 7.57. The molecule has 2 aromatic heterocycles. The molecule has 3 aromatic carbocycles. The summed E-state index contributed by atoms with van der Waals surface area (Å²) < 4.78 is 19.2. The molecule has 0 aliphatic carbocycles. The molecule has 0 fully saturated rings. The van der Waals surface area contributed by atoms with Crippen LogP contribution in [-0.2, 0) is 13.2 Å². The van der Waals surface area contributed by atoms with Crippen LogP contribution in [0.5, 0.6) is 11.5 Å². The van der Waals surface area contributed by atoms with Gasteiger partial charge in [-0.3, -0.25) is 14.9 Å². The van der Waals surface area contributed by atoms with Gasteiger partial charge in [-0.25, -0.2) is 5.43 Å². The predicted molar refractivity (Wildman–Crippen MR) is 167 cm³/mol. The van der Waals surface area contributed by atoms with Crippen LogP contribution in [0.25, 0.3) is 5.69 Å². The van der Waals surface area contributed by atoms with E-state index in [1.807, 2.05) is 55.5 Å². The molecule has 5 aromatic rings. The van der Waals surface area contributed by atoms with Gasteiger partial charge in [-0.1, -0.05) is 41.4 Å². The summed E-state index contributed by atoms with van der Waals surface area (Å²) in [7, 11) is 0. The van der Waals surface area contributed by atoms with Gasteiger partial charge in [0.25, 0.3) is 0 Å². The lowest BCUT2D eigenvalue weighted by atomic mass is 10.1. The molecule has 0 unspecified atom stereocenters. The van der Waals surface area contributed by atoms with E-state index in [1.54, 1.807) is 6.07 Å². The van der Waals surface area contributed by atoms with Crippen LogP contribution in [0.2, 0.25) is 5.02 Å². The summed E-state index contributed by atoms with van der Waals surface area (Å²) in [6.45, 7) is 6.30. The minimum Gasteiger partial charge on any atom is -0.486 e. The predicted octanol–water partition coefficient (Wildman–Crippen LogP) is 7.48. The third-order valence-corrected chi connectivity index (χ3v) is 7.04. The van der Waals surface area contributed by atoms with Crippen molar-refractivity contribution < 1.29 is 23.6 Å². The molecule has 0 atom stereocenters. The molecule has 1 N–H and O–H groups in total. The highest BCUT2D eigenvalue weighted by Crippen LogP contribution is 2.36. The van der Waals surface area contributed by atoms with Crippen LogP contribution < -0.4 is 14.9 Å². The van der Waals surface area contributed by atoms with Crippen molar-refractivity contribution in [3.8, 4) is 17.2 Å². The van der Waals surface area contributed by atoms with Crippen molar-refractivity contribution in [1.82, 2.24) is 9.99 Å². The molecule has 1 amide bonds. The van der Waals surface area contributed by atoms with Crippen LogP contribution in [-0.4, -0.2) is 21.6 Å². The summed E-state index contributed by atoms with van der Waals surface area (Å²) in [5, 5.41) is 15.6. The Hall–Kier alpha value is -5.35. The summed E-state index contributed by atoms with van der Waals surface area (Å²) in [4.78, 5) is 23.7. The lowest BCUT2D eigenvalue weighted by Gasteiger charge is -2.10. The Morgan fingerprint density at radius 1 is 0.955 bits per heavy atom. The van der Waals surface area contributed by atoms with E-state index in [1.165, 1.54) is 24.4 Å². The number of hydrogen-bond acceptors (Lipinski definition) is 7. The van der Waals surface area contributed by atoms with Gasteiger partial charge in [-0.05, 0) is 80.9 Å². The van der Waals surface area contributed by atoms with Crippen LogP contribution in [0.4, 0.5) is 5.69 Å². The van der Waals surface area contributed by atoms with Gasteiger partial charge in [-0.15, -0.1) is 0 Å². The highest BCUT2D eigenvalue weighted by Gasteiger charge is 2.21. The number of carbonyl (C=O) groups excluding carboxylic acids is 1. The summed E-state index contributed by atoms with van der Waals surface area (Å²) >= 11 is 6.32. The average Bonchev–Trinajstić information content (AvgIpc) is 3.62. The maximum absolute atomic E-state index is 12.5. The number of rotatable bonds is 11. The van der Waals surface area contributed by atoms with Crippen molar-refractivity contribution in [1.29, 1.82) is 0 Å². The van der Waals surface area contributed by atoms with Crippen LogP contribution in [0.15, 0.2) is 94.4 Å². The van der Waals surface area contributed by atoms with Crippen molar-refractivity contribution in [2.45, 2.75) is 34.0 Å². The number of ether oxygens (including phenoxy) is 2. The Kier molecular flexibility index (Phi) is 9.11. The molecule has 224 valence electrons. The molecule has 0 bridgehead atoms. The van der Waals surface area contributed by atoms with Crippen molar-refractivity contribution in [2.75, 3.05) is 0 Å². The number of hydrazone groups is 1. The maximum Gasteiger partial charge on any atom is 0.313 e. The molecule has 44 heavy (non-hydrogen) atoms. The maximum atomic E-state index is 12.5. The minimum atomic E-state index is -0.604. The van der Waals surface area contributed by atoms with Crippen LogP contribution in [0.1, 0.15) is 44.4 Å². The number of benzene rings is 3. The Balaban J connectivity index is 1.16. The van der Waals surface area contributed by atoms with E-state index in [4.69, 9.17) is 25.5 Å². The van der Waals surface area contributed by atoms with Crippen molar-refractivity contribution in [2.24, 2.45) is 5.10 Å². The zero-order valence-corrected chi connectivity index (χ0v) is 25.0. The first kappa shape index (κ1) is 30.1. The number of nitro benzene ring substituents is 1. The van der Waals surface area contributed by atoms with Crippen molar-refractivity contribution >= 4 is 29.4 Å². The first-order chi connectivity index (χ1) is 21.2. The average molecular weight is 613 g/mol. The number of aromatic nitrogens is 1. The first-order valence-corrected chi connectivity index (χ1v) is 14.0. The number of amides is 1. The standard InChI is InChI=1S/C33H29ClN4O6/c1-21-4-8-24(9-5-21)19-43-32-29(34)16-25(17-30(32)38(40)41)18-35-36-33(39)31-15-14-28(44-31)20-42-27-12-10-26(11-13-27)37-22(2)6-7-23(37)3/h4-18H,19-20H2,1-3H3,(H,36,39)/b35-18+. The number of hydrogen-bond donors (Lipinski definition) is 1. The second-order valence-electron chi connectivity index (χ2n) is 10.1. The molecule has 0 aliphatic heterocycles. The van der Waals surface area contributed by atoms with Gasteiger partial charge in [0.2, 0.25) is 5.75 Å². The van der Waals surface area contributed by atoms with Crippen LogP contribution >= 0.6 is 11.6 Å². The second-order valence-corrected chi connectivity index (χ2v) is 10.5. The number of furan rings is 1. The van der Waals surface area contributed by atoms with E-state index in [0.29, 0.717) is 17.1 Å². The van der Waals surface area contributed by atoms with Crippen molar-refractivity contribution in [3.05, 3.63) is 140 Å². The van der Waals surface area contributed by atoms with Gasteiger partial charge in [0.05, 0.1) is 16.2 Å². The van der Waals surface area contributed by atoms with E-state index in [0.717, 1.165) is 28.2 Å². The van der Waals surface area contributed by atoms with E-state index < -0.39 is 10.8 Å². The lowest BCUT2D eigenvalue weighted by molar-refractivity contribution is -0.385. The normalized spacial score (nSPS) is 11.1. The highest BCUT2D eigenvalue weighted by atomic mass is 35.5. The molecule has 0 spiro atoms. The molecule has 0 saturated carbocycles. The Morgan fingerprint density at radius 2 is 1.66 bits per heavy atom. The summed E-state index contributed by atoms with van der Waals surface area (Å²) in [6.07, 6.45) is 1.24. The molecule has 0 radical (unpaired) electrons. The molecular formula is C33H29ClN4O6. The largest absolute Gasteiger partial charge is 0.486 e. The summed E-state index contributed by atoms with van der Waals surface area (Å²) in [5.74, 6) is 0.476. The SMILES string of the molecule is Cc1ccc(COc2c(Cl)cc(/C=N/NC(=O)c3ccc(COc4ccc(-n5c(C)ccc5C)cc4)o3)cc2[N+](=O)[O-])cc1. The van der Waals surface area contributed by atoms with E-state index >= 15 is 0 Å². The van der Waals surface area contributed by atoms with Gasteiger partial charge < -0.3 is 18.5 Å². The number of nitrogens with zero attached hydrogens (tertiary/aromatic N) is 3. The molecule has 11 heteroatoms. The van der Waals surface area contributed by atoms with E-state index in [9.17, 15) is 14.9 Å².